The van der Waals surface area contributed by atoms with Gasteiger partial charge < -0.3 is 0 Å². The number of benzene rings is 7. The maximum absolute atomic E-state index is 5.25. The van der Waals surface area contributed by atoms with Crippen molar-refractivity contribution in [2.75, 3.05) is 0 Å². The van der Waals surface area contributed by atoms with Crippen molar-refractivity contribution in [3.63, 3.8) is 0 Å². The van der Waals surface area contributed by atoms with Gasteiger partial charge in [-0.2, -0.15) is 0 Å². The number of hydrogen-bond donors (Lipinski definition) is 0. The minimum atomic E-state index is -0.108. The zero-order valence-corrected chi connectivity index (χ0v) is 28.4. The molecule has 0 saturated carbocycles. The summed E-state index contributed by atoms with van der Waals surface area (Å²) in [7, 11) is 0. The van der Waals surface area contributed by atoms with Crippen LogP contribution >= 0.6 is 0 Å². The Kier molecular flexibility index (Phi) is 6.53. The van der Waals surface area contributed by atoms with Gasteiger partial charge in [-0.05, 0) is 73.1 Å². The third kappa shape index (κ3) is 4.55. The van der Waals surface area contributed by atoms with Crippen LogP contribution in [0.4, 0.5) is 0 Å². The van der Waals surface area contributed by atoms with Gasteiger partial charge in [-0.25, -0.2) is 9.97 Å². The number of fused-ring (bicyclic) bond motifs is 7. The predicted octanol–water partition coefficient (Wildman–Crippen LogP) is 12.3. The van der Waals surface area contributed by atoms with Crippen molar-refractivity contribution >= 4 is 32.4 Å². The lowest BCUT2D eigenvalue weighted by Gasteiger charge is -2.22. The van der Waals surface area contributed by atoms with E-state index in [-0.39, 0.29) is 5.41 Å². The van der Waals surface area contributed by atoms with Crippen molar-refractivity contribution in [3.8, 4) is 56.2 Å². The Balaban J connectivity index is 1.22. The van der Waals surface area contributed by atoms with Gasteiger partial charge in [0.2, 0.25) is 0 Å². The highest BCUT2D eigenvalue weighted by Gasteiger charge is 2.38. The molecule has 2 aromatic heterocycles. The van der Waals surface area contributed by atoms with Crippen molar-refractivity contribution in [1.29, 1.82) is 0 Å². The van der Waals surface area contributed by atoms with Crippen LogP contribution in [0.2, 0.25) is 0 Å². The molecule has 0 N–H and O–H groups in total. The highest BCUT2D eigenvalue weighted by Crippen LogP contribution is 2.55. The molecule has 0 atom stereocenters. The first-order chi connectivity index (χ1) is 25.1. The van der Waals surface area contributed by atoms with E-state index in [2.05, 4.69) is 146 Å². The molecular weight excluding hydrogens is 619 g/mol. The fraction of sp³-hybridized carbons (Fsp3) is 0.0625. The van der Waals surface area contributed by atoms with Gasteiger partial charge >= 0.3 is 0 Å². The highest BCUT2D eigenvalue weighted by molar-refractivity contribution is 6.11. The summed E-state index contributed by atoms with van der Waals surface area (Å²) in [4.78, 5) is 15.0. The Morgan fingerprint density at radius 2 is 1.06 bits per heavy atom. The molecule has 0 saturated heterocycles. The van der Waals surface area contributed by atoms with Crippen molar-refractivity contribution in [2.24, 2.45) is 0 Å². The molecule has 7 aromatic carbocycles. The largest absolute Gasteiger partial charge is 0.256 e. The Morgan fingerprint density at radius 3 is 1.88 bits per heavy atom. The van der Waals surface area contributed by atoms with Gasteiger partial charge in [-0.1, -0.05) is 153 Å². The smallest absolute Gasteiger partial charge is 0.160 e. The Labute approximate surface area is 297 Å². The number of hydrogen-bond acceptors (Lipinski definition) is 3. The molecule has 0 aliphatic heterocycles. The molecule has 0 unspecified atom stereocenters. The van der Waals surface area contributed by atoms with Crippen LogP contribution in [-0.4, -0.2) is 15.0 Å². The number of pyridine rings is 1. The van der Waals surface area contributed by atoms with E-state index in [4.69, 9.17) is 9.97 Å². The van der Waals surface area contributed by atoms with Gasteiger partial charge in [0.1, 0.15) is 0 Å². The van der Waals surface area contributed by atoms with Crippen LogP contribution in [0.25, 0.3) is 88.6 Å². The monoisotopic (exact) mass is 651 g/mol. The van der Waals surface area contributed by atoms with Crippen LogP contribution in [0.5, 0.6) is 0 Å². The van der Waals surface area contributed by atoms with Gasteiger partial charge in [-0.3, -0.25) is 4.98 Å². The summed E-state index contributed by atoms with van der Waals surface area (Å²) in [6.07, 6.45) is 1.84. The molecule has 0 fully saturated rings. The second-order valence-electron chi connectivity index (χ2n) is 14.0. The topological polar surface area (TPSA) is 38.7 Å². The van der Waals surface area contributed by atoms with Crippen LogP contribution in [0, 0.1) is 0 Å². The molecule has 0 amide bonds. The van der Waals surface area contributed by atoms with Crippen LogP contribution in [0.15, 0.2) is 164 Å². The van der Waals surface area contributed by atoms with Gasteiger partial charge in [0.15, 0.2) is 5.82 Å². The zero-order valence-electron chi connectivity index (χ0n) is 28.4. The third-order valence-corrected chi connectivity index (χ3v) is 10.8. The molecule has 0 radical (unpaired) electrons. The van der Waals surface area contributed by atoms with Gasteiger partial charge in [-0.15, -0.1) is 0 Å². The molecule has 1 aliphatic rings. The van der Waals surface area contributed by atoms with Gasteiger partial charge in [0.25, 0.3) is 0 Å². The number of rotatable bonds is 4. The van der Waals surface area contributed by atoms with E-state index < -0.39 is 0 Å². The summed E-state index contributed by atoms with van der Waals surface area (Å²) < 4.78 is 0. The molecule has 9 aromatic rings. The average Bonchev–Trinajstić information content (AvgIpc) is 3.43. The first kappa shape index (κ1) is 29.5. The second kappa shape index (κ2) is 11.3. The number of aromatic nitrogens is 3. The maximum Gasteiger partial charge on any atom is 0.160 e. The quantitative estimate of drug-likeness (QED) is 0.190. The van der Waals surface area contributed by atoms with E-state index in [1.807, 2.05) is 36.5 Å². The first-order valence-electron chi connectivity index (χ1n) is 17.5. The minimum Gasteiger partial charge on any atom is -0.256 e. The van der Waals surface area contributed by atoms with Gasteiger partial charge in [0.05, 0.1) is 16.9 Å². The summed E-state index contributed by atoms with van der Waals surface area (Å²) >= 11 is 0. The van der Waals surface area contributed by atoms with Crippen LogP contribution in [-0.2, 0) is 5.41 Å². The van der Waals surface area contributed by atoms with Crippen molar-refractivity contribution in [1.82, 2.24) is 15.0 Å². The maximum atomic E-state index is 5.25. The molecule has 10 rings (SSSR count). The summed E-state index contributed by atoms with van der Waals surface area (Å²) in [6, 6.07) is 56.3. The van der Waals surface area contributed by atoms with Crippen molar-refractivity contribution in [2.45, 2.75) is 19.3 Å². The molecule has 3 heteroatoms. The molecule has 240 valence electrons. The Hall–Kier alpha value is -6.45. The number of nitrogens with zero attached hydrogens (tertiary/aromatic N) is 3. The molecule has 3 nitrogen and oxygen atoms in total. The first-order valence-corrected chi connectivity index (χ1v) is 17.5. The van der Waals surface area contributed by atoms with E-state index in [1.54, 1.807) is 0 Å². The lowest BCUT2D eigenvalue weighted by molar-refractivity contribution is 0.661. The molecule has 2 heterocycles. The second-order valence-corrected chi connectivity index (χ2v) is 14.0. The van der Waals surface area contributed by atoms with Crippen molar-refractivity contribution < 1.29 is 0 Å². The standard InChI is InChI=1S/C48H33N3/c1-48(2)40-22-10-20-39(46(40)45-32-16-7-6-13-30(32)24-27-41(45)48)35-25-26-38(34-18-9-8-17-33(34)35)44-29-43(50-47(51-44)31-14-4-3-5-15-31)37-19-11-23-42-36(37)21-12-28-49-42/h3-29H,1-2H3. The Morgan fingerprint density at radius 1 is 0.431 bits per heavy atom. The minimum absolute atomic E-state index is 0.108. The lowest BCUT2D eigenvalue weighted by atomic mass is 9.81. The van der Waals surface area contributed by atoms with Crippen LogP contribution in [0.1, 0.15) is 25.0 Å². The molecule has 0 spiro atoms. The fourth-order valence-electron chi connectivity index (χ4n) is 8.30. The normalized spacial score (nSPS) is 13.1. The van der Waals surface area contributed by atoms with E-state index in [0.29, 0.717) is 5.82 Å². The van der Waals surface area contributed by atoms with Crippen LogP contribution in [0.3, 0.4) is 0 Å². The molecule has 1 aliphatic carbocycles. The zero-order chi connectivity index (χ0) is 34.1. The van der Waals surface area contributed by atoms with E-state index in [1.165, 1.54) is 49.5 Å². The molecule has 51 heavy (non-hydrogen) atoms. The summed E-state index contributed by atoms with van der Waals surface area (Å²) in [5.74, 6) is 0.698. The predicted molar refractivity (Wildman–Crippen MR) is 212 cm³/mol. The third-order valence-electron chi connectivity index (χ3n) is 10.8. The van der Waals surface area contributed by atoms with Crippen LogP contribution < -0.4 is 0 Å². The molecule has 0 bridgehead atoms. The Bertz CT molecular complexity index is 2830. The van der Waals surface area contributed by atoms with Crippen molar-refractivity contribution in [3.05, 3.63) is 175 Å². The van der Waals surface area contributed by atoms with E-state index in [0.717, 1.165) is 44.4 Å². The summed E-state index contributed by atoms with van der Waals surface area (Å²) in [6.45, 7) is 4.72. The van der Waals surface area contributed by atoms with E-state index >= 15 is 0 Å². The fourth-order valence-corrected chi connectivity index (χ4v) is 8.30. The van der Waals surface area contributed by atoms with Gasteiger partial charge in [0, 0.05) is 33.7 Å². The summed E-state index contributed by atoms with van der Waals surface area (Å²) in [5.41, 5.74) is 13.6. The summed E-state index contributed by atoms with van der Waals surface area (Å²) in [5, 5.41) is 6.00. The average molecular weight is 652 g/mol. The lowest BCUT2D eigenvalue weighted by Crippen LogP contribution is -2.14. The van der Waals surface area contributed by atoms with E-state index in [9.17, 15) is 0 Å². The highest BCUT2D eigenvalue weighted by atomic mass is 14.9. The SMILES string of the molecule is CC1(C)c2cccc(-c3ccc(-c4cc(-c5cccc6ncccc56)nc(-c5ccccc5)n4)c4ccccc34)c2-c2c1ccc1ccccc21. The molecular formula is C48H33N3.